The average Bonchev–Trinajstić information content (AvgIpc) is 2.26. The van der Waals surface area contributed by atoms with E-state index >= 15 is 0 Å². The van der Waals surface area contributed by atoms with E-state index in [1.807, 2.05) is 0 Å². The number of carboxylic acid groups (broad SMARTS) is 1. The van der Waals surface area contributed by atoms with Gasteiger partial charge < -0.3 is 10.0 Å². The third-order valence-corrected chi connectivity index (χ3v) is 2.73. The van der Waals surface area contributed by atoms with Gasteiger partial charge in [-0.25, -0.2) is 4.79 Å². The maximum atomic E-state index is 10.6. The van der Waals surface area contributed by atoms with Crippen LogP contribution in [0.15, 0.2) is 24.3 Å². The van der Waals surface area contributed by atoms with E-state index in [2.05, 4.69) is 38.1 Å². The fraction of sp³-hybridized carbons (Fsp3) is 0.500. The zero-order chi connectivity index (χ0) is 12.8. The molecule has 0 aliphatic heterocycles. The highest BCUT2D eigenvalue weighted by Crippen LogP contribution is 2.10. The number of nitrogens with zero attached hydrogens (tertiary/aromatic N) is 1. The second-order valence-corrected chi connectivity index (χ2v) is 4.87. The van der Waals surface area contributed by atoms with Gasteiger partial charge in [0.05, 0.1) is 0 Å². The highest BCUT2D eigenvalue weighted by Gasteiger charge is 2.05. The second kappa shape index (κ2) is 6.28. The summed E-state index contributed by atoms with van der Waals surface area (Å²) in [5.74, 6) is 0.666. The molecule has 0 heterocycles. The van der Waals surface area contributed by atoms with Gasteiger partial charge in [-0.15, -0.1) is 0 Å². The quantitative estimate of drug-likeness (QED) is 0.852. The van der Waals surface area contributed by atoms with Crippen LogP contribution in [-0.4, -0.2) is 29.7 Å². The van der Waals surface area contributed by atoms with Crippen molar-refractivity contribution in [3.8, 4) is 0 Å². The lowest BCUT2D eigenvalue weighted by molar-refractivity contribution is 0.156. The molecule has 0 unspecified atom stereocenters. The number of hydrogen-bond acceptors (Lipinski definition) is 1. The van der Waals surface area contributed by atoms with E-state index in [4.69, 9.17) is 5.11 Å². The Morgan fingerprint density at radius 3 is 2.24 bits per heavy atom. The van der Waals surface area contributed by atoms with Crippen molar-refractivity contribution in [1.82, 2.24) is 4.90 Å². The molecule has 0 aromatic heterocycles. The van der Waals surface area contributed by atoms with Gasteiger partial charge in [0.15, 0.2) is 0 Å². The molecule has 1 amide bonds. The van der Waals surface area contributed by atoms with Crippen LogP contribution in [0.2, 0.25) is 0 Å². The van der Waals surface area contributed by atoms with Crippen LogP contribution in [0.3, 0.4) is 0 Å². The molecule has 1 rings (SSSR count). The zero-order valence-electron chi connectivity index (χ0n) is 10.8. The van der Waals surface area contributed by atoms with Gasteiger partial charge in [-0.3, -0.25) is 0 Å². The first kappa shape index (κ1) is 13.6. The van der Waals surface area contributed by atoms with Gasteiger partial charge in [0.1, 0.15) is 0 Å². The molecule has 0 radical (unpaired) electrons. The van der Waals surface area contributed by atoms with E-state index in [1.165, 1.54) is 16.0 Å². The van der Waals surface area contributed by atoms with Crippen molar-refractivity contribution in [2.45, 2.75) is 26.7 Å². The molecule has 94 valence electrons. The molecule has 0 saturated heterocycles. The summed E-state index contributed by atoms with van der Waals surface area (Å²) in [6.45, 7) is 4.95. The van der Waals surface area contributed by atoms with E-state index in [0.29, 0.717) is 12.5 Å². The van der Waals surface area contributed by atoms with Crippen LogP contribution in [-0.2, 0) is 12.8 Å². The third kappa shape index (κ3) is 4.89. The minimum absolute atomic E-state index is 0.541. The van der Waals surface area contributed by atoms with E-state index in [9.17, 15) is 4.79 Å². The molecule has 3 heteroatoms. The Hall–Kier alpha value is -1.51. The number of hydrogen-bond donors (Lipinski definition) is 1. The molecular formula is C14H21NO2. The average molecular weight is 235 g/mol. The predicted octanol–water partition coefficient (Wildman–Crippen LogP) is 3.04. The van der Waals surface area contributed by atoms with Crippen LogP contribution in [0.4, 0.5) is 4.79 Å². The second-order valence-electron chi connectivity index (χ2n) is 4.87. The van der Waals surface area contributed by atoms with E-state index in [-0.39, 0.29) is 0 Å². The van der Waals surface area contributed by atoms with Crippen LogP contribution >= 0.6 is 0 Å². The first-order valence-electron chi connectivity index (χ1n) is 6.01. The number of rotatable bonds is 5. The maximum absolute atomic E-state index is 10.6. The smallest absolute Gasteiger partial charge is 0.407 e. The van der Waals surface area contributed by atoms with Crippen molar-refractivity contribution in [2.24, 2.45) is 5.92 Å². The number of benzene rings is 1. The Balaban J connectivity index is 2.48. The highest BCUT2D eigenvalue weighted by molar-refractivity contribution is 5.64. The summed E-state index contributed by atoms with van der Waals surface area (Å²) in [4.78, 5) is 11.9. The van der Waals surface area contributed by atoms with E-state index in [1.54, 1.807) is 7.05 Å². The van der Waals surface area contributed by atoms with Crippen molar-refractivity contribution in [3.63, 3.8) is 0 Å². The molecular weight excluding hydrogens is 214 g/mol. The molecule has 0 atom stereocenters. The normalized spacial score (nSPS) is 10.6. The first-order valence-corrected chi connectivity index (χ1v) is 6.01. The van der Waals surface area contributed by atoms with Gasteiger partial charge >= 0.3 is 6.09 Å². The lowest BCUT2D eigenvalue weighted by atomic mass is 10.0. The van der Waals surface area contributed by atoms with Crippen LogP contribution in [0.5, 0.6) is 0 Å². The van der Waals surface area contributed by atoms with Gasteiger partial charge in [-0.05, 0) is 29.9 Å². The minimum Gasteiger partial charge on any atom is -0.465 e. The molecule has 17 heavy (non-hydrogen) atoms. The number of amides is 1. The van der Waals surface area contributed by atoms with E-state index < -0.39 is 6.09 Å². The van der Waals surface area contributed by atoms with E-state index in [0.717, 1.165) is 12.8 Å². The molecule has 0 aliphatic carbocycles. The molecule has 0 saturated carbocycles. The first-order chi connectivity index (χ1) is 7.99. The molecule has 0 aliphatic rings. The molecule has 3 nitrogen and oxygen atoms in total. The minimum atomic E-state index is -0.874. The molecule has 0 fully saturated rings. The monoisotopic (exact) mass is 235 g/mol. The SMILES string of the molecule is CC(C)Cc1ccc(CCN(C)C(=O)O)cc1. The fourth-order valence-electron chi connectivity index (χ4n) is 1.71. The molecule has 1 aromatic carbocycles. The van der Waals surface area contributed by atoms with Gasteiger partial charge in [-0.1, -0.05) is 38.1 Å². The Bertz CT molecular complexity index is 357. The van der Waals surface area contributed by atoms with Gasteiger partial charge in [0.25, 0.3) is 0 Å². The standard InChI is InChI=1S/C14H21NO2/c1-11(2)10-13-6-4-12(5-7-13)8-9-15(3)14(16)17/h4-7,11H,8-10H2,1-3H3,(H,16,17). The van der Waals surface area contributed by atoms with Crippen molar-refractivity contribution in [2.75, 3.05) is 13.6 Å². The molecule has 1 N–H and O–H groups in total. The van der Waals surface area contributed by atoms with Gasteiger partial charge in [-0.2, -0.15) is 0 Å². The Morgan fingerprint density at radius 2 is 1.76 bits per heavy atom. The van der Waals surface area contributed by atoms with Gasteiger partial charge in [0, 0.05) is 13.6 Å². The zero-order valence-corrected chi connectivity index (χ0v) is 10.8. The Labute approximate surface area is 103 Å². The van der Waals surface area contributed by atoms with Crippen molar-refractivity contribution in [3.05, 3.63) is 35.4 Å². The number of likely N-dealkylation sites (N-methyl/N-ethyl adjacent to an activating group) is 1. The summed E-state index contributed by atoms with van der Waals surface area (Å²) in [5.41, 5.74) is 2.53. The molecule has 0 spiro atoms. The summed E-state index contributed by atoms with van der Waals surface area (Å²) in [5, 5.41) is 8.73. The summed E-state index contributed by atoms with van der Waals surface area (Å²) < 4.78 is 0. The lowest BCUT2D eigenvalue weighted by Gasteiger charge is -2.12. The summed E-state index contributed by atoms with van der Waals surface area (Å²) in [6, 6.07) is 8.45. The summed E-state index contributed by atoms with van der Waals surface area (Å²) in [6.07, 6.45) is 0.988. The van der Waals surface area contributed by atoms with Crippen molar-refractivity contribution in [1.29, 1.82) is 0 Å². The van der Waals surface area contributed by atoms with Crippen molar-refractivity contribution >= 4 is 6.09 Å². The topological polar surface area (TPSA) is 40.5 Å². The molecule has 0 bridgehead atoms. The largest absolute Gasteiger partial charge is 0.465 e. The Morgan fingerprint density at radius 1 is 1.24 bits per heavy atom. The lowest BCUT2D eigenvalue weighted by Crippen LogP contribution is -2.26. The summed E-state index contributed by atoms with van der Waals surface area (Å²) in [7, 11) is 1.59. The van der Waals surface area contributed by atoms with Crippen LogP contribution < -0.4 is 0 Å². The predicted molar refractivity (Wildman–Crippen MR) is 69.3 cm³/mol. The fourth-order valence-corrected chi connectivity index (χ4v) is 1.71. The third-order valence-electron chi connectivity index (χ3n) is 2.73. The molecule has 1 aromatic rings. The van der Waals surface area contributed by atoms with Gasteiger partial charge in [0.2, 0.25) is 0 Å². The van der Waals surface area contributed by atoms with Crippen LogP contribution in [0.1, 0.15) is 25.0 Å². The van der Waals surface area contributed by atoms with Crippen LogP contribution in [0, 0.1) is 5.92 Å². The summed E-state index contributed by atoms with van der Waals surface area (Å²) >= 11 is 0. The highest BCUT2D eigenvalue weighted by atomic mass is 16.4. The number of carbonyl (C=O) groups is 1. The maximum Gasteiger partial charge on any atom is 0.407 e. The van der Waals surface area contributed by atoms with Crippen molar-refractivity contribution < 1.29 is 9.90 Å². The van der Waals surface area contributed by atoms with Crippen LogP contribution in [0.25, 0.3) is 0 Å². The Kier molecular flexibility index (Phi) is 5.01.